The molecule has 0 aliphatic carbocycles. The highest BCUT2D eigenvalue weighted by molar-refractivity contribution is 7.14. The van der Waals surface area contributed by atoms with E-state index in [1.54, 1.807) is 25.2 Å². The van der Waals surface area contributed by atoms with Crippen LogP contribution >= 0.6 is 11.3 Å². The molecule has 2 amide bonds. The van der Waals surface area contributed by atoms with Crippen LogP contribution in [-0.2, 0) is 16.1 Å². The fourth-order valence-corrected chi connectivity index (χ4v) is 4.17. The van der Waals surface area contributed by atoms with E-state index in [1.807, 2.05) is 5.38 Å². The molecular formula is C19H23FN4O2S. The lowest BCUT2D eigenvalue weighted by molar-refractivity contribution is -0.126. The van der Waals surface area contributed by atoms with Gasteiger partial charge in [0, 0.05) is 31.8 Å². The number of hydrogen-bond acceptors (Lipinski definition) is 5. The zero-order valence-electron chi connectivity index (χ0n) is 15.4. The Kier molecular flexibility index (Phi) is 6.18. The van der Waals surface area contributed by atoms with Crippen LogP contribution in [0, 0.1) is 11.7 Å². The smallest absolute Gasteiger partial charge is 0.230 e. The van der Waals surface area contributed by atoms with Crippen molar-refractivity contribution >= 4 is 34.0 Å². The van der Waals surface area contributed by atoms with Gasteiger partial charge < -0.3 is 5.32 Å². The van der Waals surface area contributed by atoms with E-state index in [-0.39, 0.29) is 23.4 Å². The molecule has 27 heavy (non-hydrogen) atoms. The topological polar surface area (TPSA) is 65.5 Å². The number of thiazole rings is 1. The van der Waals surface area contributed by atoms with Crippen molar-refractivity contribution in [1.29, 1.82) is 0 Å². The Labute approximate surface area is 162 Å². The van der Waals surface area contributed by atoms with Crippen molar-refractivity contribution in [2.75, 3.05) is 25.0 Å². The highest BCUT2D eigenvalue weighted by Crippen LogP contribution is 2.31. The van der Waals surface area contributed by atoms with Crippen LogP contribution in [0.25, 0.3) is 0 Å². The van der Waals surface area contributed by atoms with Gasteiger partial charge in [-0.25, -0.2) is 9.37 Å². The standard InChI is InChI=1S/C19H23FN4O2S/c1-13(25)24(17-6-4-3-5-16(17)20)19-22-15(12-27-19)11-23-9-7-14(8-10-23)18(26)21-2/h3-6,12,14H,7-11H2,1-2H3,(H,21,26). The minimum atomic E-state index is -0.458. The number of nitrogens with one attached hydrogen (secondary N) is 1. The minimum absolute atomic E-state index is 0.0755. The quantitative estimate of drug-likeness (QED) is 0.853. The first-order valence-corrected chi connectivity index (χ1v) is 9.81. The van der Waals surface area contributed by atoms with Gasteiger partial charge in [-0.15, -0.1) is 11.3 Å². The van der Waals surface area contributed by atoms with Gasteiger partial charge in [0.1, 0.15) is 5.82 Å². The van der Waals surface area contributed by atoms with Crippen LogP contribution in [0.5, 0.6) is 0 Å². The average Bonchev–Trinajstić information content (AvgIpc) is 3.11. The van der Waals surface area contributed by atoms with Crippen LogP contribution in [-0.4, -0.2) is 41.8 Å². The van der Waals surface area contributed by atoms with Crippen LogP contribution in [0.4, 0.5) is 15.2 Å². The van der Waals surface area contributed by atoms with Crippen LogP contribution < -0.4 is 10.2 Å². The summed E-state index contributed by atoms with van der Waals surface area (Å²) in [6, 6.07) is 6.18. The minimum Gasteiger partial charge on any atom is -0.359 e. The molecule has 6 nitrogen and oxygen atoms in total. The van der Waals surface area contributed by atoms with Crippen LogP contribution in [0.3, 0.4) is 0 Å². The Balaban J connectivity index is 1.68. The number of rotatable bonds is 5. The fraction of sp³-hybridized carbons (Fsp3) is 0.421. The largest absolute Gasteiger partial charge is 0.359 e. The van der Waals surface area contributed by atoms with E-state index >= 15 is 0 Å². The number of carbonyl (C=O) groups is 2. The maximum absolute atomic E-state index is 14.1. The van der Waals surface area contributed by atoms with E-state index in [9.17, 15) is 14.0 Å². The molecule has 3 rings (SSSR count). The molecule has 1 aromatic heterocycles. The molecule has 1 N–H and O–H groups in total. The summed E-state index contributed by atoms with van der Waals surface area (Å²) in [7, 11) is 1.67. The Morgan fingerprint density at radius 3 is 2.67 bits per heavy atom. The second-order valence-corrected chi connectivity index (χ2v) is 7.43. The van der Waals surface area contributed by atoms with Gasteiger partial charge in [0.2, 0.25) is 11.8 Å². The van der Waals surface area contributed by atoms with Crippen molar-refractivity contribution in [2.24, 2.45) is 5.92 Å². The molecule has 2 aromatic rings. The van der Waals surface area contributed by atoms with E-state index in [1.165, 1.54) is 29.2 Å². The Morgan fingerprint density at radius 1 is 1.33 bits per heavy atom. The molecule has 1 aromatic carbocycles. The second-order valence-electron chi connectivity index (χ2n) is 6.59. The number of amides is 2. The zero-order valence-corrected chi connectivity index (χ0v) is 16.3. The molecule has 1 aliphatic heterocycles. The number of nitrogens with zero attached hydrogens (tertiary/aromatic N) is 3. The predicted octanol–water partition coefficient (Wildman–Crippen LogP) is 2.92. The average molecular weight is 390 g/mol. The number of likely N-dealkylation sites (tertiary alicyclic amines) is 1. The first-order chi connectivity index (χ1) is 13.0. The number of carbonyl (C=O) groups excluding carboxylic acids is 2. The summed E-state index contributed by atoms with van der Waals surface area (Å²) in [5.74, 6) is -0.563. The predicted molar refractivity (Wildman–Crippen MR) is 103 cm³/mol. The third-order valence-electron chi connectivity index (χ3n) is 4.73. The van der Waals surface area contributed by atoms with Gasteiger partial charge in [0.15, 0.2) is 5.13 Å². The van der Waals surface area contributed by atoms with Gasteiger partial charge in [-0.3, -0.25) is 19.4 Å². The molecule has 8 heteroatoms. The third kappa shape index (κ3) is 4.51. The van der Waals surface area contributed by atoms with E-state index < -0.39 is 5.82 Å². The molecule has 0 radical (unpaired) electrons. The van der Waals surface area contributed by atoms with Crippen molar-refractivity contribution in [3.8, 4) is 0 Å². The summed E-state index contributed by atoms with van der Waals surface area (Å²) in [4.78, 5) is 31.9. The van der Waals surface area contributed by atoms with Crippen LogP contribution in [0.2, 0.25) is 0 Å². The number of benzene rings is 1. The van der Waals surface area contributed by atoms with E-state index in [0.717, 1.165) is 31.6 Å². The Morgan fingerprint density at radius 2 is 2.04 bits per heavy atom. The molecule has 0 bridgehead atoms. The lowest BCUT2D eigenvalue weighted by Crippen LogP contribution is -2.39. The third-order valence-corrected chi connectivity index (χ3v) is 5.60. The van der Waals surface area contributed by atoms with Crippen molar-refractivity contribution in [1.82, 2.24) is 15.2 Å². The molecule has 1 aliphatic rings. The summed E-state index contributed by atoms with van der Waals surface area (Å²) < 4.78 is 14.1. The van der Waals surface area contributed by atoms with Crippen molar-refractivity contribution in [3.05, 3.63) is 41.2 Å². The summed E-state index contributed by atoms with van der Waals surface area (Å²) in [6.45, 7) is 3.71. The monoisotopic (exact) mass is 390 g/mol. The molecular weight excluding hydrogens is 367 g/mol. The van der Waals surface area contributed by atoms with Crippen molar-refractivity contribution < 1.29 is 14.0 Å². The van der Waals surface area contributed by atoms with Crippen LogP contribution in [0.15, 0.2) is 29.6 Å². The highest BCUT2D eigenvalue weighted by atomic mass is 32.1. The summed E-state index contributed by atoms with van der Waals surface area (Å²) in [5.41, 5.74) is 1.05. The normalized spacial score (nSPS) is 15.5. The van der Waals surface area contributed by atoms with Gasteiger partial charge >= 0.3 is 0 Å². The van der Waals surface area contributed by atoms with E-state index in [4.69, 9.17) is 0 Å². The highest BCUT2D eigenvalue weighted by Gasteiger charge is 2.25. The Bertz CT molecular complexity index is 818. The molecule has 0 spiro atoms. The molecule has 0 saturated carbocycles. The number of halogens is 1. The fourth-order valence-electron chi connectivity index (χ4n) is 3.30. The molecule has 144 valence electrons. The maximum atomic E-state index is 14.1. The number of piperidine rings is 1. The first-order valence-electron chi connectivity index (χ1n) is 8.93. The SMILES string of the molecule is CNC(=O)C1CCN(Cc2csc(N(C(C)=O)c3ccccc3F)n2)CC1. The van der Waals surface area contributed by atoms with Crippen molar-refractivity contribution in [2.45, 2.75) is 26.3 Å². The Hall–Kier alpha value is -2.32. The number of para-hydroxylation sites is 1. The summed E-state index contributed by atoms with van der Waals surface area (Å²) in [6.07, 6.45) is 1.65. The summed E-state index contributed by atoms with van der Waals surface area (Å²) in [5, 5.41) is 5.07. The van der Waals surface area contributed by atoms with Gasteiger partial charge in [-0.05, 0) is 38.1 Å². The molecule has 1 saturated heterocycles. The molecule has 0 atom stereocenters. The number of hydrogen-bond donors (Lipinski definition) is 1. The molecule has 0 unspecified atom stereocenters. The zero-order chi connectivity index (χ0) is 19.4. The van der Waals surface area contributed by atoms with E-state index in [0.29, 0.717) is 11.7 Å². The van der Waals surface area contributed by atoms with E-state index in [2.05, 4.69) is 15.2 Å². The number of anilines is 2. The lowest BCUT2D eigenvalue weighted by atomic mass is 9.96. The van der Waals surface area contributed by atoms with Crippen LogP contribution in [0.1, 0.15) is 25.5 Å². The first kappa shape index (κ1) is 19.4. The molecule has 2 heterocycles. The van der Waals surface area contributed by atoms with Gasteiger partial charge in [0.05, 0.1) is 11.4 Å². The molecule has 1 fully saturated rings. The second kappa shape index (κ2) is 8.58. The van der Waals surface area contributed by atoms with Gasteiger partial charge in [0.25, 0.3) is 0 Å². The van der Waals surface area contributed by atoms with Gasteiger partial charge in [-0.2, -0.15) is 0 Å². The van der Waals surface area contributed by atoms with Gasteiger partial charge in [-0.1, -0.05) is 12.1 Å². The maximum Gasteiger partial charge on any atom is 0.230 e. The lowest BCUT2D eigenvalue weighted by Gasteiger charge is -2.30. The summed E-state index contributed by atoms with van der Waals surface area (Å²) >= 11 is 1.32. The van der Waals surface area contributed by atoms with Crippen molar-refractivity contribution in [3.63, 3.8) is 0 Å². The number of aromatic nitrogens is 1.